The molecule has 0 saturated carbocycles. The molecule has 1 rings (SSSR count). The molecule has 35 heavy (non-hydrogen) atoms. The van der Waals surface area contributed by atoms with Crippen LogP contribution >= 0.6 is 0 Å². The van der Waals surface area contributed by atoms with E-state index in [0.29, 0.717) is 0 Å². The molecule has 1 saturated heterocycles. The average Bonchev–Trinajstić information content (AvgIpc) is 2.85. The third-order valence-electron chi connectivity index (χ3n) is 6.57. The van der Waals surface area contributed by atoms with Gasteiger partial charge in [0.15, 0.2) is 6.29 Å². The molecule has 8 nitrogen and oxygen atoms in total. The fourth-order valence-electron chi connectivity index (χ4n) is 4.13. The number of nitrogens with two attached hydrogens (primary N) is 1. The van der Waals surface area contributed by atoms with Crippen molar-refractivity contribution >= 4 is 0 Å². The van der Waals surface area contributed by atoms with Crippen molar-refractivity contribution in [2.24, 2.45) is 5.73 Å². The first-order chi connectivity index (χ1) is 16.8. The second-order valence-electron chi connectivity index (χ2n) is 9.82. The molecule has 0 amide bonds. The van der Waals surface area contributed by atoms with Crippen LogP contribution in [0.3, 0.4) is 0 Å². The van der Waals surface area contributed by atoms with E-state index in [-0.39, 0.29) is 6.61 Å². The smallest absolute Gasteiger partial charge is 0.186 e. The number of aliphatic hydroxyl groups is 5. The van der Waals surface area contributed by atoms with Crippen molar-refractivity contribution in [3.05, 3.63) is 23.8 Å². The van der Waals surface area contributed by atoms with Crippen LogP contribution in [0.1, 0.15) is 90.9 Å². The third-order valence-corrected chi connectivity index (χ3v) is 6.57. The van der Waals surface area contributed by atoms with Gasteiger partial charge < -0.3 is 40.7 Å². The van der Waals surface area contributed by atoms with Gasteiger partial charge in [0, 0.05) is 0 Å². The summed E-state index contributed by atoms with van der Waals surface area (Å²) < 4.78 is 10.7. The molecule has 0 aromatic rings. The van der Waals surface area contributed by atoms with E-state index in [1.807, 2.05) is 6.08 Å². The predicted octanol–water partition coefficient (Wildman–Crippen LogP) is 2.69. The summed E-state index contributed by atoms with van der Waals surface area (Å²) in [7, 11) is 0. The Balaban J connectivity index is 2.17. The summed E-state index contributed by atoms with van der Waals surface area (Å²) in [5.74, 6) is 0. The van der Waals surface area contributed by atoms with Gasteiger partial charge in [0.2, 0.25) is 0 Å². The van der Waals surface area contributed by atoms with Gasteiger partial charge in [0.25, 0.3) is 0 Å². The Kier molecular flexibility index (Phi) is 17.7. The molecule has 7 atom stereocenters. The molecule has 206 valence electrons. The largest absolute Gasteiger partial charge is 0.394 e. The Bertz CT molecular complexity index is 584. The molecule has 7 N–H and O–H groups in total. The van der Waals surface area contributed by atoms with Gasteiger partial charge in [-0.2, -0.15) is 0 Å². The third kappa shape index (κ3) is 13.3. The highest BCUT2D eigenvalue weighted by Crippen LogP contribution is 2.22. The van der Waals surface area contributed by atoms with Crippen LogP contribution < -0.4 is 5.73 Å². The number of allylic oxidation sites excluding steroid dienone is 3. The SMILES string of the molecule is CCCCCCCCCCC/C(C)=C/CC/C=C/[C@@H](O)[C@@H](N)CO[C@@H]1O[C@H](CO)[C@@H](O)[C@H](O)[C@H]1O. The first kappa shape index (κ1) is 32.2. The molecular weight excluding hydrogens is 450 g/mol. The number of rotatable bonds is 19. The van der Waals surface area contributed by atoms with Crippen molar-refractivity contribution in [2.45, 2.75) is 134 Å². The average molecular weight is 502 g/mol. The summed E-state index contributed by atoms with van der Waals surface area (Å²) in [6, 6.07) is -0.762. The zero-order chi connectivity index (χ0) is 26.1. The number of hydrogen-bond donors (Lipinski definition) is 6. The van der Waals surface area contributed by atoms with Crippen molar-refractivity contribution in [1.82, 2.24) is 0 Å². The zero-order valence-corrected chi connectivity index (χ0v) is 21.8. The molecule has 0 spiro atoms. The molecule has 8 heteroatoms. The second kappa shape index (κ2) is 19.3. The van der Waals surface area contributed by atoms with Crippen LogP contribution in [0.5, 0.6) is 0 Å². The van der Waals surface area contributed by atoms with Gasteiger partial charge in [-0.1, -0.05) is 82.1 Å². The minimum absolute atomic E-state index is 0.133. The maximum absolute atomic E-state index is 10.2. The lowest BCUT2D eigenvalue weighted by Crippen LogP contribution is -2.59. The van der Waals surface area contributed by atoms with Crippen molar-refractivity contribution in [3.8, 4) is 0 Å². The Hall–Kier alpha value is -0.840. The Morgan fingerprint density at radius 3 is 2.20 bits per heavy atom. The number of unbranched alkanes of at least 4 members (excludes halogenated alkanes) is 9. The maximum Gasteiger partial charge on any atom is 0.186 e. The summed E-state index contributed by atoms with van der Waals surface area (Å²) in [4.78, 5) is 0. The van der Waals surface area contributed by atoms with Crippen LogP contribution in [0.2, 0.25) is 0 Å². The molecule has 0 aromatic heterocycles. The van der Waals surface area contributed by atoms with Gasteiger partial charge >= 0.3 is 0 Å². The normalized spacial score (nSPS) is 27.4. The van der Waals surface area contributed by atoms with Crippen LogP contribution in [0.25, 0.3) is 0 Å². The van der Waals surface area contributed by atoms with E-state index in [1.54, 1.807) is 6.08 Å². The zero-order valence-electron chi connectivity index (χ0n) is 21.8. The van der Waals surface area contributed by atoms with E-state index in [0.717, 1.165) is 19.3 Å². The summed E-state index contributed by atoms with van der Waals surface area (Å²) in [5.41, 5.74) is 7.36. The van der Waals surface area contributed by atoms with Crippen molar-refractivity contribution in [2.75, 3.05) is 13.2 Å². The summed E-state index contributed by atoms with van der Waals surface area (Å²) >= 11 is 0. The highest BCUT2D eigenvalue weighted by atomic mass is 16.7. The second-order valence-corrected chi connectivity index (χ2v) is 9.82. The molecule has 1 fully saturated rings. The van der Waals surface area contributed by atoms with Gasteiger partial charge in [-0.3, -0.25) is 0 Å². The van der Waals surface area contributed by atoms with Crippen molar-refractivity contribution < 1.29 is 35.0 Å². The summed E-state index contributed by atoms with van der Waals surface area (Å²) in [5, 5.41) is 49.0. The molecule has 1 aliphatic rings. The number of ether oxygens (including phenoxy) is 2. The predicted molar refractivity (Wildman–Crippen MR) is 138 cm³/mol. The molecule has 0 radical (unpaired) electrons. The first-order valence-electron chi connectivity index (χ1n) is 13.5. The number of aliphatic hydroxyl groups excluding tert-OH is 5. The van der Waals surface area contributed by atoms with Gasteiger partial charge in [0.1, 0.15) is 24.4 Å². The minimum atomic E-state index is -1.51. The van der Waals surface area contributed by atoms with E-state index in [9.17, 15) is 25.5 Å². The molecule has 1 aliphatic heterocycles. The standard InChI is InChI=1S/C27H51NO7/c1-3-4-5-6-7-8-9-10-12-15-20(2)16-13-11-14-17-22(30)21(28)19-34-27-26(33)25(32)24(31)23(18-29)35-27/h14,16-17,21-27,29-33H,3-13,15,18-19,28H2,1-2H3/b17-14+,20-16+/t21-,22+,23+,24+,25-,26+,27+/m0/s1. The van der Waals surface area contributed by atoms with Gasteiger partial charge in [-0.15, -0.1) is 0 Å². The quantitative estimate of drug-likeness (QED) is 0.117. The maximum atomic E-state index is 10.2. The fourth-order valence-corrected chi connectivity index (χ4v) is 4.13. The van der Waals surface area contributed by atoms with Crippen molar-refractivity contribution in [1.29, 1.82) is 0 Å². The van der Waals surface area contributed by atoms with E-state index in [2.05, 4.69) is 19.9 Å². The van der Waals surface area contributed by atoms with E-state index in [1.165, 1.54) is 63.4 Å². The topological polar surface area (TPSA) is 146 Å². The van der Waals surface area contributed by atoms with Crippen LogP contribution in [0.4, 0.5) is 0 Å². The molecule has 0 unspecified atom stereocenters. The van der Waals surface area contributed by atoms with E-state index in [4.69, 9.17) is 15.2 Å². The van der Waals surface area contributed by atoms with Gasteiger partial charge in [-0.05, 0) is 32.6 Å². The lowest BCUT2D eigenvalue weighted by atomic mass is 9.99. The van der Waals surface area contributed by atoms with Crippen LogP contribution in [0.15, 0.2) is 23.8 Å². The molecular formula is C27H51NO7. The van der Waals surface area contributed by atoms with E-state index >= 15 is 0 Å². The molecule has 0 bridgehead atoms. The van der Waals surface area contributed by atoms with Crippen LogP contribution in [0, 0.1) is 0 Å². The molecule has 0 aliphatic carbocycles. The van der Waals surface area contributed by atoms with Crippen molar-refractivity contribution in [3.63, 3.8) is 0 Å². The molecule has 1 heterocycles. The monoisotopic (exact) mass is 501 g/mol. The molecule has 0 aromatic carbocycles. The van der Waals surface area contributed by atoms with E-state index < -0.39 is 49.5 Å². The lowest BCUT2D eigenvalue weighted by molar-refractivity contribution is -0.302. The summed E-state index contributed by atoms with van der Waals surface area (Å²) in [6.45, 7) is 3.76. The Labute approximate surface area is 211 Å². The Morgan fingerprint density at radius 1 is 0.943 bits per heavy atom. The lowest BCUT2D eigenvalue weighted by Gasteiger charge is -2.39. The minimum Gasteiger partial charge on any atom is -0.394 e. The van der Waals surface area contributed by atoms with Crippen LogP contribution in [-0.2, 0) is 9.47 Å². The Morgan fingerprint density at radius 2 is 1.57 bits per heavy atom. The van der Waals surface area contributed by atoms with Crippen LogP contribution in [-0.4, -0.2) is 81.6 Å². The fraction of sp³-hybridized carbons (Fsp3) is 0.852. The van der Waals surface area contributed by atoms with Gasteiger partial charge in [0.05, 0.1) is 25.4 Å². The highest BCUT2D eigenvalue weighted by Gasteiger charge is 2.44. The first-order valence-corrected chi connectivity index (χ1v) is 13.5. The van der Waals surface area contributed by atoms with Gasteiger partial charge in [-0.25, -0.2) is 0 Å². The number of hydrogen-bond acceptors (Lipinski definition) is 8. The summed E-state index contributed by atoms with van der Waals surface area (Å²) in [6.07, 6.45) is 13.0. The highest BCUT2D eigenvalue weighted by molar-refractivity contribution is 5.00.